The standard InChI is InChI=1S/C12H26N2O/c1-10(2)13-9-11(3)12(4)14-5-7-15-8-6-14/h10-13H,5-9H2,1-4H3. The molecule has 0 spiro atoms. The van der Waals surface area contributed by atoms with Gasteiger partial charge in [0.25, 0.3) is 0 Å². The van der Waals surface area contributed by atoms with Crippen LogP contribution in [0.4, 0.5) is 0 Å². The van der Waals surface area contributed by atoms with Gasteiger partial charge in [-0.3, -0.25) is 4.90 Å². The Labute approximate surface area is 94.2 Å². The molecule has 2 atom stereocenters. The molecule has 0 aromatic rings. The minimum absolute atomic E-state index is 0.587. The maximum Gasteiger partial charge on any atom is 0.0594 e. The van der Waals surface area contributed by atoms with Gasteiger partial charge < -0.3 is 10.1 Å². The van der Waals surface area contributed by atoms with Gasteiger partial charge >= 0.3 is 0 Å². The first kappa shape index (κ1) is 12.9. The first-order valence-electron chi connectivity index (χ1n) is 6.16. The molecule has 0 saturated carbocycles. The van der Waals surface area contributed by atoms with Gasteiger partial charge in [-0.2, -0.15) is 0 Å². The third kappa shape index (κ3) is 4.49. The molecule has 3 heteroatoms. The van der Waals surface area contributed by atoms with Crippen molar-refractivity contribution >= 4 is 0 Å². The number of morpholine rings is 1. The monoisotopic (exact) mass is 214 g/mol. The van der Waals surface area contributed by atoms with Gasteiger partial charge in [-0.1, -0.05) is 20.8 Å². The predicted octanol–water partition coefficient (Wildman–Crippen LogP) is 1.34. The first-order chi connectivity index (χ1) is 7.11. The molecule has 0 aromatic carbocycles. The van der Waals surface area contributed by atoms with E-state index in [4.69, 9.17) is 4.74 Å². The van der Waals surface area contributed by atoms with Gasteiger partial charge in [0.05, 0.1) is 13.2 Å². The molecule has 1 aliphatic rings. The quantitative estimate of drug-likeness (QED) is 0.747. The maximum atomic E-state index is 5.37. The lowest BCUT2D eigenvalue weighted by atomic mass is 10.0. The molecule has 1 fully saturated rings. The molecule has 1 rings (SSSR count). The predicted molar refractivity (Wildman–Crippen MR) is 64.2 cm³/mol. The number of rotatable bonds is 5. The molecular weight excluding hydrogens is 188 g/mol. The molecule has 0 amide bonds. The van der Waals surface area contributed by atoms with Crippen LogP contribution in [0.25, 0.3) is 0 Å². The van der Waals surface area contributed by atoms with Crippen molar-refractivity contribution in [3.05, 3.63) is 0 Å². The molecule has 0 radical (unpaired) electrons. The van der Waals surface area contributed by atoms with Crippen LogP contribution in [0.5, 0.6) is 0 Å². The van der Waals surface area contributed by atoms with Crippen molar-refractivity contribution < 1.29 is 4.74 Å². The van der Waals surface area contributed by atoms with E-state index in [0.717, 1.165) is 32.8 Å². The average Bonchev–Trinajstić information content (AvgIpc) is 2.26. The van der Waals surface area contributed by atoms with Gasteiger partial charge in [-0.05, 0) is 19.4 Å². The van der Waals surface area contributed by atoms with Gasteiger partial charge in [-0.25, -0.2) is 0 Å². The van der Waals surface area contributed by atoms with E-state index in [1.54, 1.807) is 0 Å². The molecule has 3 nitrogen and oxygen atoms in total. The van der Waals surface area contributed by atoms with Crippen molar-refractivity contribution in [1.29, 1.82) is 0 Å². The molecule has 15 heavy (non-hydrogen) atoms. The summed E-state index contributed by atoms with van der Waals surface area (Å²) in [5.74, 6) is 0.700. The molecule has 1 N–H and O–H groups in total. The SMILES string of the molecule is CC(C)NCC(C)C(C)N1CCOCC1. The molecule has 90 valence electrons. The van der Waals surface area contributed by atoms with E-state index >= 15 is 0 Å². The second-order valence-corrected chi connectivity index (χ2v) is 4.93. The van der Waals surface area contributed by atoms with Crippen LogP contribution < -0.4 is 5.32 Å². The Kier molecular flexibility index (Phi) is 5.58. The van der Waals surface area contributed by atoms with Crippen molar-refractivity contribution in [3.8, 4) is 0 Å². The number of nitrogens with one attached hydrogen (secondary N) is 1. The highest BCUT2D eigenvalue weighted by atomic mass is 16.5. The molecule has 0 bridgehead atoms. The topological polar surface area (TPSA) is 24.5 Å². The van der Waals surface area contributed by atoms with Crippen molar-refractivity contribution in [3.63, 3.8) is 0 Å². The Hall–Kier alpha value is -0.120. The van der Waals surface area contributed by atoms with E-state index < -0.39 is 0 Å². The second kappa shape index (κ2) is 6.46. The van der Waals surface area contributed by atoms with Crippen molar-refractivity contribution in [1.82, 2.24) is 10.2 Å². The van der Waals surface area contributed by atoms with E-state index in [1.165, 1.54) is 0 Å². The van der Waals surface area contributed by atoms with Crippen molar-refractivity contribution in [2.24, 2.45) is 5.92 Å². The highest BCUT2D eigenvalue weighted by Gasteiger charge is 2.21. The summed E-state index contributed by atoms with van der Waals surface area (Å²) in [6, 6.07) is 1.24. The fourth-order valence-electron chi connectivity index (χ4n) is 1.94. The fourth-order valence-corrected chi connectivity index (χ4v) is 1.94. The van der Waals surface area contributed by atoms with E-state index in [9.17, 15) is 0 Å². The third-order valence-corrected chi connectivity index (χ3v) is 3.29. The summed E-state index contributed by atoms with van der Waals surface area (Å²) in [7, 11) is 0. The Balaban J connectivity index is 2.27. The zero-order valence-electron chi connectivity index (χ0n) is 10.6. The Morgan fingerprint density at radius 2 is 1.73 bits per heavy atom. The summed E-state index contributed by atoms with van der Waals surface area (Å²) in [5.41, 5.74) is 0. The molecular formula is C12H26N2O. The van der Waals surface area contributed by atoms with E-state index in [-0.39, 0.29) is 0 Å². The minimum atomic E-state index is 0.587. The lowest BCUT2D eigenvalue weighted by Crippen LogP contribution is -2.47. The van der Waals surface area contributed by atoms with Crippen LogP contribution in [0.15, 0.2) is 0 Å². The van der Waals surface area contributed by atoms with Crippen molar-refractivity contribution in [2.75, 3.05) is 32.8 Å². The number of nitrogens with zero attached hydrogens (tertiary/aromatic N) is 1. The second-order valence-electron chi connectivity index (χ2n) is 4.93. The van der Waals surface area contributed by atoms with Crippen LogP contribution in [0.2, 0.25) is 0 Å². The Morgan fingerprint density at radius 3 is 2.27 bits per heavy atom. The Morgan fingerprint density at radius 1 is 1.13 bits per heavy atom. The first-order valence-corrected chi connectivity index (χ1v) is 6.16. The summed E-state index contributed by atoms with van der Waals surface area (Å²) >= 11 is 0. The summed E-state index contributed by atoms with van der Waals surface area (Å²) in [6.45, 7) is 14.1. The molecule has 1 heterocycles. The highest BCUT2D eigenvalue weighted by Crippen LogP contribution is 2.12. The molecule has 1 aliphatic heterocycles. The molecule has 0 aromatic heterocycles. The lowest BCUT2D eigenvalue weighted by Gasteiger charge is -2.36. The fraction of sp³-hybridized carbons (Fsp3) is 1.00. The zero-order chi connectivity index (χ0) is 11.3. The van der Waals surface area contributed by atoms with Crippen LogP contribution in [-0.2, 0) is 4.74 Å². The summed E-state index contributed by atoms with van der Waals surface area (Å²) in [6.07, 6.45) is 0. The van der Waals surface area contributed by atoms with Crippen LogP contribution >= 0.6 is 0 Å². The third-order valence-electron chi connectivity index (χ3n) is 3.29. The normalized spacial score (nSPS) is 23.0. The maximum absolute atomic E-state index is 5.37. The van der Waals surface area contributed by atoms with Gasteiger partial charge in [0.1, 0.15) is 0 Å². The smallest absolute Gasteiger partial charge is 0.0594 e. The molecule has 0 aliphatic carbocycles. The van der Waals surface area contributed by atoms with Crippen LogP contribution in [-0.4, -0.2) is 49.8 Å². The Bertz CT molecular complexity index is 167. The number of ether oxygens (including phenoxy) is 1. The van der Waals surface area contributed by atoms with Gasteiger partial charge in [0.2, 0.25) is 0 Å². The van der Waals surface area contributed by atoms with Gasteiger partial charge in [0, 0.05) is 25.2 Å². The van der Waals surface area contributed by atoms with Crippen LogP contribution in [0, 0.1) is 5.92 Å². The molecule has 2 unspecified atom stereocenters. The minimum Gasteiger partial charge on any atom is -0.379 e. The average molecular weight is 214 g/mol. The van der Waals surface area contributed by atoms with E-state index in [2.05, 4.69) is 37.9 Å². The number of hydrogen-bond donors (Lipinski definition) is 1. The van der Waals surface area contributed by atoms with E-state index in [0.29, 0.717) is 18.0 Å². The largest absolute Gasteiger partial charge is 0.379 e. The van der Waals surface area contributed by atoms with Crippen molar-refractivity contribution in [2.45, 2.75) is 39.8 Å². The lowest BCUT2D eigenvalue weighted by molar-refractivity contribution is 0.00905. The van der Waals surface area contributed by atoms with Crippen LogP contribution in [0.3, 0.4) is 0 Å². The number of hydrogen-bond acceptors (Lipinski definition) is 3. The molecule has 1 saturated heterocycles. The summed E-state index contributed by atoms with van der Waals surface area (Å²) < 4.78 is 5.37. The van der Waals surface area contributed by atoms with Gasteiger partial charge in [0.15, 0.2) is 0 Å². The highest BCUT2D eigenvalue weighted by molar-refractivity contribution is 4.76. The van der Waals surface area contributed by atoms with Gasteiger partial charge in [-0.15, -0.1) is 0 Å². The van der Waals surface area contributed by atoms with E-state index in [1.807, 2.05) is 0 Å². The summed E-state index contributed by atoms with van der Waals surface area (Å²) in [5, 5.41) is 3.51. The van der Waals surface area contributed by atoms with Crippen LogP contribution in [0.1, 0.15) is 27.7 Å². The summed E-state index contributed by atoms with van der Waals surface area (Å²) in [4.78, 5) is 2.54. The zero-order valence-corrected chi connectivity index (χ0v) is 10.6.